The lowest BCUT2D eigenvalue weighted by Gasteiger charge is -2.29. The van der Waals surface area contributed by atoms with Gasteiger partial charge in [-0.3, -0.25) is 0 Å². The fourth-order valence-corrected chi connectivity index (χ4v) is 1.66. The summed E-state index contributed by atoms with van der Waals surface area (Å²) in [5.41, 5.74) is 5.95. The van der Waals surface area contributed by atoms with E-state index in [1.807, 2.05) is 0 Å². The lowest BCUT2D eigenvalue weighted by Crippen LogP contribution is -2.39. The summed E-state index contributed by atoms with van der Waals surface area (Å²) in [6.07, 6.45) is 2.25. The van der Waals surface area contributed by atoms with Crippen molar-refractivity contribution in [1.29, 1.82) is 0 Å². The van der Waals surface area contributed by atoms with Crippen LogP contribution in [0, 0.1) is 11.8 Å². The van der Waals surface area contributed by atoms with Crippen molar-refractivity contribution in [3.05, 3.63) is 0 Å². The number of rotatable bonds is 2. The Morgan fingerprint density at radius 3 is 2.82 bits per heavy atom. The highest BCUT2D eigenvalue weighted by molar-refractivity contribution is 4.76. The van der Waals surface area contributed by atoms with E-state index in [-0.39, 0.29) is 0 Å². The highest BCUT2D eigenvalue weighted by atomic mass is 16.5. The van der Waals surface area contributed by atoms with Crippen LogP contribution in [0.1, 0.15) is 26.7 Å². The van der Waals surface area contributed by atoms with Crippen molar-refractivity contribution in [2.24, 2.45) is 17.6 Å². The first kappa shape index (κ1) is 9.01. The fraction of sp³-hybridized carbons (Fsp3) is 1.00. The van der Waals surface area contributed by atoms with E-state index in [0.717, 1.165) is 25.6 Å². The van der Waals surface area contributed by atoms with Gasteiger partial charge in [0.15, 0.2) is 0 Å². The van der Waals surface area contributed by atoms with E-state index in [2.05, 4.69) is 13.8 Å². The van der Waals surface area contributed by atoms with E-state index in [1.54, 1.807) is 0 Å². The summed E-state index contributed by atoms with van der Waals surface area (Å²) in [5.74, 6) is 1.34. The molecule has 0 unspecified atom stereocenters. The second kappa shape index (κ2) is 4.07. The molecule has 0 aromatic rings. The highest BCUT2D eigenvalue weighted by Crippen LogP contribution is 2.20. The van der Waals surface area contributed by atoms with E-state index in [9.17, 15) is 0 Å². The van der Waals surface area contributed by atoms with Crippen molar-refractivity contribution >= 4 is 0 Å². The van der Waals surface area contributed by atoms with Gasteiger partial charge in [-0.15, -0.1) is 0 Å². The highest BCUT2D eigenvalue weighted by Gasteiger charge is 2.22. The summed E-state index contributed by atoms with van der Waals surface area (Å²) in [6.45, 7) is 6.21. The van der Waals surface area contributed by atoms with E-state index < -0.39 is 0 Å². The molecule has 2 nitrogen and oxygen atoms in total. The third-order valence-corrected chi connectivity index (χ3v) is 2.31. The van der Waals surface area contributed by atoms with Crippen LogP contribution in [0.2, 0.25) is 0 Å². The largest absolute Gasteiger partial charge is 0.381 e. The molecule has 2 heteroatoms. The maximum atomic E-state index is 5.95. The lowest BCUT2D eigenvalue weighted by molar-refractivity contribution is 0.0341. The molecule has 0 radical (unpaired) electrons. The second-order valence-corrected chi connectivity index (χ2v) is 3.92. The predicted molar refractivity (Wildman–Crippen MR) is 46.4 cm³/mol. The van der Waals surface area contributed by atoms with Crippen LogP contribution in [0.15, 0.2) is 0 Å². The molecular formula is C9H19NO. The Bertz CT molecular complexity index is 114. The molecule has 1 fully saturated rings. The summed E-state index contributed by atoms with van der Waals surface area (Å²) in [6, 6.07) is 0.381. The van der Waals surface area contributed by atoms with Gasteiger partial charge in [0.1, 0.15) is 0 Å². The predicted octanol–water partition coefficient (Wildman–Crippen LogP) is 1.40. The molecule has 0 bridgehead atoms. The first-order chi connectivity index (χ1) is 5.20. The zero-order chi connectivity index (χ0) is 8.27. The van der Waals surface area contributed by atoms with E-state index in [4.69, 9.17) is 10.5 Å². The van der Waals surface area contributed by atoms with Crippen molar-refractivity contribution in [3.8, 4) is 0 Å². The van der Waals surface area contributed by atoms with Gasteiger partial charge >= 0.3 is 0 Å². The minimum Gasteiger partial charge on any atom is -0.381 e. The Morgan fingerprint density at radius 2 is 2.27 bits per heavy atom. The van der Waals surface area contributed by atoms with Gasteiger partial charge < -0.3 is 10.5 Å². The first-order valence-electron chi connectivity index (χ1n) is 4.53. The number of hydrogen-bond acceptors (Lipinski definition) is 2. The van der Waals surface area contributed by atoms with Crippen LogP contribution >= 0.6 is 0 Å². The van der Waals surface area contributed by atoms with Crippen LogP contribution in [-0.2, 0) is 4.74 Å². The Balaban J connectivity index is 2.29. The first-order valence-corrected chi connectivity index (χ1v) is 4.53. The molecule has 0 aliphatic carbocycles. The van der Waals surface area contributed by atoms with E-state index in [1.165, 1.54) is 6.42 Å². The summed E-state index contributed by atoms with van der Waals surface area (Å²) < 4.78 is 5.37. The van der Waals surface area contributed by atoms with Gasteiger partial charge in [0.2, 0.25) is 0 Å². The van der Waals surface area contributed by atoms with Gasteiger partial charge in [-0.05, 0) is 24.7 Å². The topological polar surface area (TPSA) is 35.2 Å². The van der Waals surface area contributed by atoms with Crippen LogP contribution in [0.25, 0.3) is 0 Å². The maximum Gasteiger partial charge on any atom is 0.0509 e. The van der Waals surface area contributed by atoms with Gasteiger partial charge in [-0.1, -0.05) is 13.8 Å². The Kier molecular flexibility index (Phi) is 3.34. The van der Waals surface area contributed by atoms with Crippen molar-refractivity contribution in [3.63, 3.8) is 0 Å². The van der Waals surface area contributed by atoms with Gasteiger partial charge in [-0.25, -0.2) is 0 Å². The maximum absolute atomic E-state index is 5.95. The average Bonchev–Trinajstić information content (AvgIpc) is 1.93. The smallest absolute Gasteiger partial charge is 0.0509 e. The summed E-state index contributed by atoms with van der Waals surface area (Å²) in [5, 5.41) is 0. The summed E-state index contributed by atoms with van der Waals surface area (Å²) in [7, 11) is 0. The minimum absolute atomic E-state index is 0.381. The summed E-state index contributed by atoms with van der Waals surface area (Å²) >= 11 is 0. The number of hydrogen-bond donors (Lipinski definition) is 1. The van der Waals surface area contributed by atoms with Crippen LogP contribution in [0.3, 0.4) is 0 Å². The molecule has 1 rings (SSSR count). The zero-order valence-corrected chi connectivity index (χ0v) is 7.55. The van der Waals surface area contributed by atoms with Gasteiger partial charge in [0.25, 0.3) is 0 Å². The van der Waals surface area contributed by atoms with E-state index >= 15 is 0 Å². The average molecular weight is 157 g/mol. The van der Waals surface area contributed by atoms with Crippen molar-refractivity contribution < 1.29 is 4.74 Å². The molecule has 1 saturated heterocycles. The van der Waals surface area contributed by atoms with E-state index in [0.29, 0.717) is 12.0 Å². The minimum atomic E-state index is 0.381. The normalized spacial score (nSPS) is 32.7. The molecule has 11 heavy (non-hydrogen) atoms. The fourth-order valence-electron chi connectivity index (χ4n) is 1.66. The molecular weight excluding hydrogens is 138 g/mol. The molecule has 66 valence electrons. The molecule has 1 aliphatic heterocycles. The monoisotopic (exact) mass is 157 g/mol. The molecule has 0 spiro atoms. The standard InChI is InChI=1S/C9H19NO/c1-7(2)5-8-6-11-4-3-9(8)10/h7-9H,3-6,10H2,1-2H3/t8-,9+/m0/s1. The SMILES string of the molecule is CC(C)C[C@H]1COCC[C@H]1N. The van der Waals surface area contributed by atoms with Crippen LogP contribution < -0.4 is 5.73 Å². The quantitative estimate of drug-likeness (QED) is 0.657. The molecule has 2 atom stereocenters. The molecule has 2 N–H and O–H groups in total. The third kappa shape index (κ3) is 2.80. The van der Waals surface area contributed by atoms with Crippen LogP contribution in [0.5, 0.6) is 0 Å². The van der Waals surface area contributed by atoms with Crippen molar-refractivity contribution in [1.82, 2.24) is 0 Å². The lowest BCUT2D eigenvalue weighted by atomic mass is 9.89. The van der Waals surface area contributed by atoms with Gasteiger partial charge in [0.05, 0.1) is 6.61 Å². The van der Waals surface area contributed by atoms with Crippen LogP contribution in [-0.4, -0.2) is 19.3 Å². The molecule has 0 aromatic carbocycles. The number of ether oxygens (including phenoxy) is 1. The Hall–Kier alpha value is -0.0800. The zero-order valence-electron chi connectivity index (χ0n) is 7.55. The van der Waals surface area contributed by atoms with Gasteiger partial charge in [-0.2, -0.15) is 0 Å². The van der Waals surface area contributed by atoms with Gasteiger partial charge in [0, 0.05) is 12.6 Å². The summed E-state index contributed by atoms with van der Waals surface area (Å²) in [4.78, 5) is 0. The Labute approximate surface area is 69.1 Å². The van der Waals surface area contributed by atoms with Crippen molar-refractivity contribution in [2.75, 3.05) is 13.2 Å². The molecule has 1 aliphatic rings. The molecule has 0 aromatic heterocycles. The van der Waals surface area contributed by atoms with Crippen LogP contribution in [0.4, 0.5) is 0 Å². The van der Waals surface area contributed by atoms with Crippen molar-refractivity contribution in [2.45, 2.75) is 32.7 Å². The Morgan fingerprint density at radius 1 is 1.55 bits per heavy atom. The number of nitrogens with two attached hydrogens (primary N) is 1. The molecule has 0 saturated carbocycles. The molecule has 0 amide bonds. The second-order valence-electron chi connectivity index (χ2n) is 3.92. The molecule has 1 heterocycles. The third-order valence-electron chi connectivity index (χ3n) is 2.31.